The van der Waals surface area contributed by atoms with Crippen molar-refractivity contribution in [3.8, 4) is 0 Å². The number of esters is 1. The first-order chi connectivity index (χ1) is 4.31. The molecule has 0 aliphatic rings. The van der Waals surface area contributed by atoms with Crippen LogP contribution < -0.4 is 0 Å². The van der Waals surface area contributed by atoms with E-state index >= 15 is 0 Å². The van der Waals surface area contributed by atoms with Gasteiger partial charge in [0.15, 0.2) is 0 Å². The lowest BCUT2D eigenvalue weighted by molar-refractivity contribution is -0.132. The zero-order valence-electron chi connectivity index (χ0n) is 5.33. The van der Waals surface area contributed by atoms with Gasteiger partial charge in [0, 0.05) is 0 Å². The molecule has 0 fully saturated rings. The Labute approximate surface area is 54.0 Å². The average molecular weight is 127 g/mol. The molecule has 0 saturated carbocycles. The van der Waals surface area contributed by atoms with E-state index in [2.05, 4.69) is 16.3 Å². The molecule has 0 N–H and O–H groups in total. The van der Waals surface area contributed by atoms with Crippen LogP contribution in [-0.4, -0.2) is 25.8 Å². The summed E-state index contributed by atoms with van der Waals surface area (Å²) in [7, 11) is 1.31. The molecule has 0 amide bonds. The normalized spacial score (nSPS) is 9.44. The van der Waals surface area contributed by atoms with E-state index in [4.69, 9.17) is 0 Å². The van der Waals surface area contributed by atoms with Crippen LogP contribution in [0.1, 0.15) is 0 Å². The van der Waals surface area contributed by atoms with E-state index in [-0.39, 0.29) is 0 Å². The third kappa shape index (κ3) is 4.74. The molecule has 0 spiro atoms. The highest BCUT2D eigenvalue weighted by atomic mass is 16.5. The van der Waals surface area contributed by atoms with Gasteiger partial charge >= 0.3 is 5.97 Å². The molecule has 0 heterocycles. The molecule has 0 bridgehead atoms. The van der Waals surface area contributed by atoms with Gasteiger partial charge in [-0.2, -0.15) is 0 Å². The van der Waals surface area contributed by atoms with Crippen LogP contribution >= 0.6 is 0 Å². The van der Waals surface area contributed by atoms with Crippen LogP contribution in [0.4, 0.5) is 0 Å². The highest BCUT2D eigenvalue weighted by molar-refractivity contribution is 6.23. The number of methoxy groups -OCH3 is 1. The van der Waals surface area contributed by atoms with Gasteiger partial charge in [-0.25, -0.2) is 4.79 Å². The number of ether oxygens (including phenoxy) is 1. The van der Waals surface area contributed by atoms with Crippen LogP contribution in [0.2, 0.25) is 0 Å². The van der Waals surface area contributed by atoms with Gasteiger partial charge in [0.05, 0.1) is 13.7 Å². The van der Waals surface area contributed by atoms with Crippen molar-refractivity contribution in [2.75, 3.05) is 13.7 Å². The predicted octanol–water partition coefficient (Wildman–Crippen LogP) is 0.416. The zero-order chi connectivity index (χ0) is 7.11. The molecule has 0 aliphatic carbocycles. The van der Waals surface area contributed by atoms with E-state index in [0.29, 0.717) is 6.54 Å². The van der Waals surface area contributed by atoms with E-state index in [1.807, 2.05) is 0 Å². The number of hydrogen-bond acceptors (Lipinski definition) is 3. The Balaban J connectivity index is 3.43. The van der Waals surface area contributed by atoms with Gasteiger partial charge in [0.25, 0.3) is 0 Å². The minimum absolute atomic E-state index is 0.433. The summed E-state index contributed by atoms with van der Waals surface area (Å²) in [4.78, 5) is 13.9. The molecule has 50 valence electrons. The maximum absolute atomic E-state index is 10.3. The summed E-state index contributed by atoms with van der Waals surface area (Å²) < 4.78 is 4.27. The Morgan fingerprint density at radius 2 is 2.56 bits per heavy atom. The average Bonchev–Trinajstić information content (AvgIpc) is 1.89. The molecule has 0 aliphatic heterocycles. The van der Waals surface area contributed by atoms with Gasteiger partial charge in [-0.3, -0.25) is 4.99 Å². The van der Waals surface area contributed by atoms with Crippen LogP contribution in [0.15, 0.2) is 17.6 Å². The lowest BCUT2D eigenvalue weighted by Gasteiger charge is -1.86. The summed E-state index contributed by atoms with van der Waals surface area (Å²) in [6, 6.07) is 0. The minimum Gasteiger partial charge on any atom is -0.465 e. The van der Waals surface area contributed by atoms with Crippen LogP contribution in [-0.2, 0) is 9.53 Å². The number of carbonyl (C=O) groups excluding carboxylic acids is 1. The molecule has 0 aromatic heterocycles. The molecular formula is C6H9NO2. The smallest absolute Gasteiger partial charge is 0.348 e. The second-order valence-electron chi connectivity index (χ2n) is 1.31. The van der Waals surface area contributed by atoms with Crippen molar-refractivity contribution < 1.29 is 9.53 Å². The maximum Gasteiger partial charge on any atom is 0.348 e. The third-order valence-electron chi connectivity index (χ3n) is 0.632. The number of aliphatic imine (C=N–C) groups is 1. The fourth-order valence-corrected chi connectivity index (χ4v) is 0.254. The first-order valence-electron chi connectivity index (χ1n) is 2.50. The Bertz CT molecular complexity index is 129. The Hall–Kier alpha value is -1.12. The van der Waals surface area contributed by atoms with Crippen molar-refractivity contribution in [3.05, 3.63) is 12.7 Å². The lowest BCUT2D eigenvalue weighted by Crippen LogP contribution is -2.00. The summed E-state index contributed by atoms with van der Waals surface area (Å²) in [5, 5.41) is 0. The molecule has 3 nitrogen and oxygen atoms in total. The molecule has 0 aromatic rings. The number of rotatable bonds is 3. The van der Waals surface area contributed by atoms with E-state index in [1.165, 1.54) is 7.11 Å². The van der Waals surface area contributed by atoms with Crippen molar-refractivity contribution >= 4 is 12.2 Å². The number of hydrogen-bond donors (Lipinski definition) is 0. The van der Waals surface area contributed by atoms with Gasteiger partial charge in [-0.05, 0) is 0 Å². The highest BCUT2D eigenvalue weighted by Gasteiger charge is 1.87. The van der Waals surface area contributed by atoms with Crippen molar-refractivity contribution in [2.24, 2.45) is 4.99 Å². The van der Waals surface area contributed by atoms with E-state index in [0.717, 1.165) is 6.21 Å². The van der Waals surface area contributed by atoms with Crippen LogP contribution in [0.5, 0.6) is 0 Å². The molecular weight excluding hydrogens is 118 g/mol. The minimum atomic E-state index is -0.433. The monoisotopic (exact) mass is 127 g/mol. The van der Waals surface area contributed by atoms with Gasteiger partial charge in [-0.15, -0.1) is 6.58 Å². The fraction of sp³-hybridized carbons (Fsp3) is 0.333. The van der Waals surface area contributed by atoms with Crippen LogP contribution in [0.25, 0.3) is 0 Å². The van der Waals surface area contributed by atoms with Crippen molar-refractivity contribution in [1.82, 2.24) is 0 Å². The molecule has 0 atom stereocenters. The number of nitrogens with zero attached hydrogens (tertiary/aromatic N) is 1. The first kappa shape index (κ1) is 7.88. The van der Waals surface area contributed by atoms with Gasteiger partial charge < -0.3 is 4.74 Å². The second kappa shape index (κ2) is 5.03. The van der Waals surface area contributed by atoms with Gasteiger partial charge in [0.1, 0.15) is 6.21 Å². The van der Waals surface area contributed by atoms with Crippen LogP contribution in [0.3, 0.4) is 0 Å². The maximum atomic E-state index is 10.3. The van der Waals surface area contributed by atoms with Gasteiger partial charge in [0.2, 0.25) is 0 Å². The molecule has 0 aromatic carbocycles. The van der Waals surface area contributed by atoms with Crippen LogP contribution in [0, 0.1) is 0 Å². The predicted molar refractivity (Wildman–Crippen MR) is 35.6 cm³/mol. The van der Waals surface area contributed by atoms with Crippen molar-refractivity contribution in [1.29, 1.82) is 0 Å². The number of carbonyl (C=O) groups is 1. The largest absolute Gasteiger partial charge is 0.465 e. The molecule has 9 heavy (non-hydrogen) atoms. The van der Waals surface area contributed by atoms with E-state index in [9.17, 15) is 4.79 Å². The Kier molecular flexibility index (Phi) is 4.40. The van der Waals surface area contributed by atoms with Gasteiger partial charge in [-0.1, -0.05) is 6.08 Å². The topological polar surface area (TPSA) is 38.7 Å². The lowest BCUT2D eigenvalue weighted by atomic mass is 10.6. The quantitative estimate of drug-likeness (QED) is 0.313. The Morgan fingerprint density at radius 3 is 3.00 bits per heavy atom. The van der Waals surface area contributed by atoms with Crippen molar-refractivity contribution in [2.45, 2.75) is 0 Å². The second-order valence-corrected chi connectivity index (χ2v) is 1.31. The highest BCUT2D eigenvalue weighted by Crippen LogP contribution is 1.70. The summed E-state index contributed by atoms with van der Waals surface area (Å²) in [5.41, 5.74) is 0. The molecule has 0 rings (SSSR count). The Morgan fingerprint density at radius 1 is 1.89 bits per heavy atom. The molecule has 0 radical (unpaired) electrons. The first-order valence-corrected chi connectivity index (χ1v) is 2.50. The standard InChI is InChI=1S/C6H9NO2/c1-3-4-7-5-6(8)9-2/h3,5H,1,4H2,2H3. The van der Waals surface area contributed by atoms with E-state index in [1.54, 1.807) is 6.08 Å². The molecule has 3 heteroatoms. The zero-order valence-corrected chi connectivity index (χ0v) is 5.33. The fourth-order valence-electron chi connectivity index (χ4n) is 0.254. The van der Waals surface area contributed by atoms with E-state index < -0.39 is 5.97 Å². The SMILES string of the molecule is C=CCN=CC(=O)OC. The summed E-state index contributed by atoms with van der Waals surface area (Å²) in [5.74, 6) is -0.433. The summed E-state index contributed by atoms with van der Waals surface area (Å²) in [6.07, 6.45) is 2.72. The summed E-state index contributed by atoms with van der Waals surface area (Å²) in [6.45, 7) is 3.87. The van der Waals surface area contributed by atoms with Crippen molar-refractivity contribution in [3.63, 3.8) is 0 Å². The molecule has 0 unspecified atom stereocenters. The summed E-state index contributed by atoms with van der Waals surface area (Å²) >= 11 is 0. The third-order valence-corrected chi connectivity index (χ3v) is 0.632. The molecule has 0 saturated heterocycles.